The van der Waals surface area contributed by atoms with E-state index in [-0.39, 0.29) is 17.3 Å². The number of benzene rings is 2. The van der Waals surface area contributed by atoms with E-state index in [0.29, 0.717) is 11.1 Å². The van der Waals surface area contributed by atoms with Crippen LogP contribution in [-0.2, 0) is 6.42 Å². The van der Waals surface area contributed by atoms with Crippen LogP contribution in [-0.4, -0.2) is 11.3 Å². The van der Waals surface area contributed by atoms with E-state index in [1.165, 1.54) is 5.56 Å². The van der Waals surface area contributed by atoms with Gasteiger partial charge in [0.25, 0.3) is 5.91 Å². The molecular weight excluding hydrogens is 284 g/mol. The smallest absolute Gasteiger partial charge is 0.251 e. The summed E-state index contributed by atoms with van der Waals surface area (Å²) in [6.07, 6.45) is 0.751. The Morgan fingerprint density at radius 2 is 2.05 bits per heavy atom. The lowest BCUT2D eigenvalue weighted by Crippen LogP contribution is -2.31. The average Bonchev–Trinajstić information content (AvgIpc) is 2.83. The quantitative estimate of drug-likeness (QED) is 0.865. The van der Waals surface area contributed by atoms with E-state index in [1.54, 1.807) is 24.3 Å². The van der Waals surface area contributed by atoms with Gasteiger partial charge in [-0.1, -0.05) is 30.3 Å². The van der Waals surface area contributed by atoms with Crippen LogP contribution in [0.4, 0.5) is 0 Å². The number of alkyl halides is 1. The van der Waals surface area contributed by atoms with Gasteiger partial charge in [0.1, 0.15) is 0 Å². The van der Waals surface area contributed by atoms with Gasteiger partial charge in [0.05, 0.1) is 23.1 Å². The number of rotatable bonds is 2. The van der Waals surface area contributed by atoms with Crippen molar-refractivity contribution in [2.45, 2.75) is 17.8 Å². The zero-order chi connectivity index (χ0) is 14.8. The monoisotopic (exact) mass is 296 g/mol. The Kier molecular flexibility index (Phi) is 3.64. The molecule has 0 spiro atoms. The summed E-state index contributed by atoms with van der Waals surface area (Å²) in [6.45, 7) is 0. The maximum absolute atomic E-state index is 12.3. The first-order valence-corrected chi connectivity index (χ1v) is 7.15. The SMILES string of the molecule is N#Cc1cccc(C(=O)NC2c3ccccc3CC2Cl)c1. The second-order valence-electron chi connectivity index (χ2n) is 5.06. The lowest BCUT2D eigenvalue weighted by molar-refractivity contribution is 0.0937. The highest BCUT2D eigenvalue weighted by Gasteiger charge is 2.32. The number of halogens is 1. The van der Waals surface area contributed by atoms with Crippen molar-refractivity contribution in [3.05, 3.63) is 70.8 Å². The molecule has 1 aliphatic carbocycles. The van der Waals surface area contributed by atoms with Gasteiger partial charge >= 0.3 is 0 Å². The fourth-order valence-corrected chi connectivity index (χ4v) is 3.03. The van der Waals surface area contributed by atoms with E-state index in [1.807, 2.05) is 30.3 Å². The molecule has 3 rings (SSSR count). The second-order valence-corrected chi connectivity index (χ2v) is 5.62. The Bertz CT molecular complexity index is 736. The maximum Gasteiger partial charge on any atom is 0.251 e. The number of nitriles is 1. The Morgan fingerprint density at radius 1 is 1.24 bits per heavy atom. The summed E-state index contributed by atoms with van der Waals surface area (Å²) in [5, 5.41) is 11.7. The van der Waals surface area contributed by atoms with Crippen molar-refractivity contribution >= 4 is 17.5 Å². The maximum atomic E-state index is 12.3. The minimum Gasteiger partial charge on any atom is -0.344 e. The van der Waals surface area contributed by atoms with E-state index < -0.39 is 0 Å². The largest absolute Gasteiger partial charge is 0.344 e. The molecule has 2 aromatic carbocycles. The fraction of sp³-hybridized carbons (Fsp3) is 0.176. The molecule has 1 N–H and O–H groups in total. The summed E-state index contributed by atoms with van der Waals surface area (Å²) in [4.78, 5) is 12.3. The third-order valence-electron chi connectivity index (χ3n) is 3.71. The summed E-state index contributed by atoms with van der Waals surface area (Å²) in [5.41, 5.74) is 3.19. The zero-order valence-electron chi connectivity index (χ0n) is 11.2. The van der Waals surface area contributed by atoms with Crippen molar-refractivity contribution in [2.24, 2.45) is 0 Å². The Hall–Kier alpha value is -2.31. The Labute approximate surface area is 128 Å². The van der Waals surface area contributed by atoms with E-state index in [9.17, 15) is 4.79 Å². The molecule has 4 heteroatoms. The molecule has 21 heavy (non-hydrogen) atoms. The summed E-state index contributed by atoms with van der Waals surface area (Å²) in [7, 11) is 0. The van der Waals surface area contributed by atoms with Crippen molar-refractivity contribution in [3.8, 4) is 6.07 Å². The first-order chi connectivity index (χ1) is 10.2. The van der Waals surface area contributed by atoms with Crippen LogP contribution in [0, 0.1) is 11.3 Å². The molecule has 2 atom stereocenters. The molecule has 0 bridgehead atoms. The standard InChI is InChI=1S/C17H13ClN2O/c18-15-9-12-5-1-2-7-14(12)16(15)20-17(21)13-6-3-4-11(8-13)10-19/h1-8,15-16H,9H2,(H,20,21). The molecule has 2 unspecified atom stereocenters. The third-order valence-corrected chi connectivity index (χ3v) is 4.11. The predicted molar refractivity (Wildman–Crippen MR) is 81.2 cm³/mol. The molecule has 0 aliphatic heterocycles. The first-order valence-electron chi connectivity index (χ1n) is 6.72. The van der Waals surface area contributed by atoms with Gasteiger partial charge in [0.2, 0.25) is 0 Å². The van der Waals surface area contributed by atoms with Gasteiger partial charge in [-0.15, -0.1) is 11.6 Å². The minimum atomic E-state index is -0.209. The molecule has 2 aromatic rings. The second kappa shape index (κ2) is 5.59. The first kappa shape index (κ1) is 13.7. The third kappa shape index (κ3) is 2.63. The Balaban J connectivity index is 1.83. The number of hydrogen-bond donors (Lipinski definition) is 1. The van der Waals surface area contributed by atoms with Gasteiger partial charge in [0, 0.05) is 5.56 Å². The molecule has 3 nitrogen and oxygen atoms in total. The highest BCUT2D eigenvalue weighted by molar-refractivity contribution is 6.21. The van der Waals surface area contributed by atoms with Crippen LogP contribution in [0.15, 0.2) is 48.5 Å². The van der Waals surface area contributed by atoms with Crippen LogP contribution in [0.5, 0.6) is 0 Å². The van der Waals surface area contributed by atoms with Gasteiger partial charge in [-0.05, 0) is 35.7 Å². The van der Waals surface area contributed by atoms with Crippen LogP contribution < -0.4 is 5.32 Å². The van der Waals surface area contributed by atoms with E-state index in [4.69, 9.17) is 16.9 Å². The minimum absolute atomic E-state index is 0.148. The Morgan fingerprint density at radius 3 is 2.86 bits per heavy atom. The van der Waals surface area contributed by atoms with Crippen molar-refractivity contribution in [3.63, 3.8) is 0 Å². The molecule has 0 saturated carbocycles. The molecule has 0 radical (unpaired) electrons. The van der Waals surface area contributed by atoms with Gasteiger partial charge in [-0.2, -0.15) is 5.26 Å². The molecule has 1 aliphatic rings. The van der Waals surface area contributed by atoms with Crippen LogP contribution >= 0.6 is 11.6 Å². The topological polar surface area (TPSA) is 52.9 Å². The average molecular weight is 297 g/mol. The van der Waals surface area contributed by atoms with E-state index in [0.717, 1.165) is 12.0 Å². The van der Waals surface area contributed by atoms with E-state index in [2.05, 4.69) is 5.32 Å². The molecule has 1 amide bonds. The summed E-state index contributed by atoms with van der Waals surface area (Å²) < 4.78 is 0. The number of nitrogens with zero attached hydrogens (tertiary/aromatic N) is 1. The van der Waals surface area contributed by atoms with Crippen LogP contribution in [0.25, 0.3) is 0 Å². The van der Waals surface area contributed by atoms with Crippen molar-refractivity contribution in [2.75, 3.05) is 0 Å². The highest BCUT2D eigenvalue weighted by atomic mass is 35.5. The van der Waals surface area contributed by atoms with Gasteiger partial charge in [-0.3, -0.25) is 4.79 Å². The molecule has 104 valence electrons. The van der Waals surface area contributed by atoms with Crippen LogP contribution in [0.2, 0.25) is 0 Å². The fourth-order valence-electron chi connectivity index (χ4n) is 2.67. The number of amides is 1. The van der Waals surface area contributed by atoms with Crippen molar-refractivity contribution in [1.82, 2.24) is 5.32 Å². The van der Waals surface area contributed by atoms with Crippen LogP contribution in [0.1, 0.15) is 33.1 Å². The van der Waals surface area contributed by atoms with Gasteiger partial charge in [0.15, 0.2) is 0 Å². The number of hydrogen-bond acceptors (Lipinski definition) is 2. The molecule has 0 saturated heterocycles. The van der Waals surface area contributed by atoms with Crippen LogP contribution in [0.3, 0.4) is 0 Å². The van der Waals surface area contributed by atoms with Crippen molar-refractivity contribution < 1.29 is 4.79 Å². The van der Waals surface area contributed by atoms with E-state index >= 15 is 0 Å². The molecular formula is C17H13ClN2O. The number of carbonyl (C=O) groups is 1. The van der Waals surface area contributed by atoms with Gasteiger partial charge in [-0.25, -0.2) is 0 Å². The number of fused-ring (bicyclic) bond motifs is 1. The van der Waals surface area contributed by atoms with Crippen molar-refractivity contribution in [1.29, 1.82) is 5.26 Å². The molecule has 0 aromatic heterocycles. The highest BCUT2D eigenvalue weighted by Crippen LogP contribution is 2.34. The summed E-state index contributed by atoms with van der Waals surface area (Å²) in [6, 6.07) is 16.4. The number of carbonyl (C=O) groups excluding carboxylic acids is 1. The lowest BCUT2D eigenvalue weighted by Gasteiger charge is -2.17. The summed E-state index contributed by atoms with van der Waals surface area (Å²) >= 11 is 6.37. The zero-order valence-corrected chi connectivity index (χ0v) is 12.0. The normalized spacial score (nSPS) is 19.6. The number of nitrogens with one attached hydrogen (secondary N) is 1. The summed E-state index contributed by atoms with van der Waals surface area (Å²) in [5.74, 6) is -0.209. The van der Waals surface area contributed by atoms with Gasteiger partial charge < -0.3 is 5.32 Å². The molecule has 0 heterocycles. The molecule has 0 fully saturated rings. The lowest BCUT2D eigenvalue weighted by atomic mass is 10.1. The predicted octanol–water partition coefficient (Wildman–Crippen LogP) is 3.19.